The van der Waals surface area contributed by atoms with Gasteiger partial charge < -0.3 is 9.67 Å². The van der Waals surface area contributed by atoms with E-state index in [1.54, 1.807) is 6.20 Å². The molecular formula is C11H18N2O2. The van der Waals surface area contributed by atoms with Crippen molar-refractivity contribution in [1.82, 2.24) is 9.55 Å². The molecule has 0 amide bonds. The maximum Gasteiger partial charge on any atom is 0.303 e. The second-order valence-electron chi connectivity index (χ2n) is 3.85. The minimum atomic E-state index is -0.697. The number of hydrogen-bond donors (Lipinski definition) is 1. The van der Waals surface area contributed by atoms with Gasteiger partial charge in [-0.15, -0.1) is 0 Å². The van der Waals surface area contributed by atoms with Gasteiger partial charge in [-0.1, -0.05) is 12.8 Å². The zero-order chi connectivity index (χ0) is 11.1. The smallest absolute Gasteiger partial charge is 0.303 e. The Labute approximate surface area is 89.9 Å². The number of carbonyl (C=O) groups is 1. The first-order chi connectivity index (χ1) is 7.20. The highest BCUT2D eigenvalue weighted by Crippen LogP contribution is 2.14. The average Bonchev–Trinajstić information content (AvgIpc) is 2.69. The van der Waals surface area contributed by atoms with E-state index in [2.05, 4.69) is 16.5 Å². The SMILES string of the molecule is CC(CCCCCC(=O)O)n1ccnc1. The summed E-state index contributed by atoms with van der Waals surface area (Å²) in [5.74, 6) is -0.697. The van der Waals surface area contributed by atoms with Crippen LogP contribution >= 0.6 is 0 Å². The fourth-order valence-corrected chi connectivity index (χ4v) is 1.57. The lowest BCUT2D eigenvalue weighted by molar-refractivity contribution is -0.137. The van der Waals surface area contributed by atoms with Crippen molar-refractivity contribution in [3.05, 3.63) is 18.7 Å². The predicted molar refractivity (Wildman–Crippen MR) is 57.7 cm³/mol. The van der Waals surface area contributed by atoms with Crippen LogP contribution in [0, 0.1) is 0 Å². The molecule has 1 unspecified atom stereocenters. The van der Waals surface area contributed by atoms with Gasteiger partial charge in [-0.25, -0.2) is 4.98 Å². The number of hydrogen-bond acceptors (Lipinski definition) is 2. The first-order valence-corrected chi connectivity index (χ1v) is 5.39. The molecule has 0 aliphatic carbocycles. The highest BCUT2D eigenvalue weighted by molar-refractivity contribution is 5.66. The van der Waals surface area contributed by atoms with Gasteiger partial charge in [0.25, 0.3) is 0 Å². The monoisotopic (exact) mass is 210 g/mol. The van der Waals surface area contributed by atoms with Crippen LogP contribution < -0.4 is 0 Å². The van der Waals surface area contributed by atoms with Crippen molar-refractivity contribution in [2.24, 2.45) is 0 Å². The van der Waals surface area contributed by atoms with Crippen LogP contribution in [-0.2, 0) is 4.79 Å². The van der Waals surface area contributed by atoms with E-state index in [0.717, 1.165) is 25.7 Å². The number of imidazole rings is 1. The number of unbranched alkanes of at least 4 members (excludes halogenated alkanes) is 2. The Morgan fingerprint density at radius 3 is 2.87 bits per heavy atom. The van der Waals surface area contributed by atoms with E-state index in [-0.39, 0.29) is 0 Å². The molecule has 0 saturated heterocycles. The quantitative estimate of drug-likeness (QED) is 0.703. The third kappa shape index (κ3) is 4.63. The topological polar surface area (TPSA) is 55.1 Å². The lowest BCUT2D eigenvalue weighted by atomic mass is 10.1. The molecule has 1 heterocycles. The van der Waals surface area contributed by atoms with Crippen molar-refractivity contribution in [3.8, 4) is 0 Å². The van der Waals surface area contributed by atoms with E-state index in [4.69, 9.17) is 5.11 Å². The Morgan fingerprint density at radius 2 is 2.27 bits per heavy atom. The molecule has 0 aliphatic rings. The zero-order valence-electron chi connectivity index (χ0n) is 9.09. The number of carboxylic acid groups (broad SMARTS) is 1. The molecule has 0 radical (unpaired) electrons. The third-order valence-electron chi connectivity index (χ3n) is 2.55. The normalized spacial score (nSPS) is 12.6. The molecule has 1 aromatic heterocycles. The van der Waals surface area contributed by atoms with Crippen LogP contribution in [0.2, 0.25) is 0 Å². The van der Waals surface area contributed by atoms with Gasteiger partial charge in [-0.2, -0.15) is 0 Å². The van der Waals surface area contributed by atoms with Crippen LogP contribution in [-0.4, -0.2) is 20.6 Å². The summed E-state index contributed by atoms with van der Waals surface area (Å²) in [6, 6.07) is 0.456. The number of aromatic nitrogens is 2. The second-order valence-corrected chi connectivity index (χ2v) is 3.85. The first kappa shape index (κ1) is 11.8. The summed E-state index contributed by atoms with van der Waals surface area (Å²) in [7, 11) is 0. The molecule has 4 nitrogen and oxygen atoms in total. The highest BCUT2D eigenvalue weighted by Gasteiger charge is 2.03. The van der Waals surface area contributed by atoms with Gasteiger partial charge in [0.2, 0.25) is 0 Å². The Morgan fingerprint density at radius 1 is 1.47 bits per heavy atom. The molecule has 1 rings (SSSR count). The predicted octanol–water partition coefficient (Wildman–Crippen LogP) is 2.48. The summed E-state index contributed by atoms with van der Waals surface area (Å²) in [5, 5.41) is 8.46. The standard InChI is InChI=1S/C11H18N2O2/c1-10(13-8-7-12-9-13)5-3-2-4-6-11(14)15/h7-10H,2-6H2,1H3,(H,14,15). The molecule has 1 N–H and O–H groups in total. The lowest BCUT2D eigenvalue weighted by Crippen LogP contribution is -2.02. The molecule has 0 saturated carbocycles. The van der Waals surface area contributed by atoms with Crippen LogP contribution in [0.4, 0.5) is 0 Å². The number of aliphatic carboxylic acids is 1. The average molecular weight is 210 g/mol. The molecule has 1 aromatic rings. The van der Waals surface area contributed by atoms with Gasteiger partial charge in [-0.3, -0.25) is 4.79 Å². The van der Waals surface area contributed by atoms with Crippen LogP contribution in [0.1, 0.15) is 45.1 Å². The van der Waals surface area contributed by atoms with Crippen molar-refractivity contribution < 1.29 is 9.90 Å². The van der Waals surface area contributed by atoms with Gasteiger partial charge >= 0.3 is 5.97 Å². The van der Waals surface area contributed by atoms with Gasteiger partial charge in [0.15, 0.2) is 0 Å². The molecule has 0 spiro atoms. The molecule has 0 aliphatic heterocycles. The Bertz CT molecular complexity index is 283. The van der Waals surface area contributed by atoms with E-state index in [1.807, 2.05) is 12.5 Å². The summed E-state index contributed by atoms with van der Waals surface area (Å²) >= 11 is 0. The summed E-state index contributed by atoms with van der Waals surface area (Å²) in [4.78, 5) is 14.3. The van der Waals surface area contributed by atoms with Gasteiger partial charge in [0.05, 0.1) is 6.33 Å². The maximum absolute atomic E-state index is 10.3. The fraction of sp³-hybridized carbons (Fsp3) is 0.636. The largest absolute Gasteiger partial charge is 0.481 e. The van der Waals surface area contributed by atoms with Gasteiger partial charge in [-0.05, 0) is 19.8 Å². The van der Waals surface area contributed by atoms with E-state index in [1.165, 1.54) is 0 Å². The van der Waals surface area contributed by atoms with Crippen LogP contribution in [0.5, 0.6) is 0 Å². The molecule has 4 heteroatoms. The van der Waals surface area contributed by atoms with Gasteiger partial charge in [0.1, 0.15) is 0 Å². The van der Waals surface area contributed by atoms with E-state index in [9.17, 15) is 4.79 Å². The van der Waals surface area contributed by atoms with Crippen LogP contribution in [0.15, 0.2) is 18.7 Å². The molecule has 15 heavy (non-hydrogen) atoms. The minimum absolute atomic E-state index is 0.291. The molecular weight excluding hydrogens is 192 g/mol. The Kier molecular flexibility index (Phi) is 4.87. The molecule has 1 atom stereocenters. The number of nitrogens with zero attached hydrogens (tertiary/aromatic N) is 2. The molecule has 84 valence electrons. The minimum Gasteiger partial charge on any atom is -0.481 e. The van der Waals surface area contributed by atoms with E-state index < -0.39 is 5.97 Å². The highest BCUT2D eigenvalue weighted by atomic mass is 16.4. The van der Waals surface area contributed by atoms with Crippen LogP contribution in [0.25, 0.3) is 0 Å². The Hall–Kier alpha value is -1.32. The summed E-state index contributed by atoms with van der Waals surface area (Å²) in [5.41, 5.74) is 0. The number of carboxylic acids is 1. The lowest BCUT2D eigenvalue weighted by Gasteiger charge is -2.12. The summed E-state index contributed by atoms with van der Waals surface area (Å²) in [6.07, 6.45) is 9.78. The van der Waals surface area contributed by atoms with Crippen molar-refractivity contribution in [2.45, 2.75) is 45.1 Å². The third-order valence-corrected chi connectivity index (χ3v) is 2.55. The van der Waals surface area contributed by atoms with Crippen LogP contribution in [0.3, 0.4) is 0 Å². The van der Waals surface area contributed by atoms with Crippen molar-refractivity contribution in [2.75, 3.05) is 0 Å². The van der Waals surface area contributed by atoms with Crippen molar-refractivity contribution in [3.63, 3.8) is 0 Å². The van der Waals surface area contributed by atoms with Crippen molar-refractivity contribution in [1.29, 1.82) is 0 Å². The van der Waals surface area contributed by atoms with E-state index >= 15 is 0 Å². The zero-order valence-corrected chi connectivity index (χ0v) is 9.09. The molecule has 0 fully saturated rings. The number of rotatable bonds is 7. The first-order valence-electron chi connectivity index (χ1n) is 5.39. The fourth-order valence-electron chi connectivity index (χ4n) is 1.57. The summed E-state index contributed by atoms with van der Waals surface area (Å²) < 4.78 is 2.08. The van der Waals surface area contributed by atoms with Crippen molar-refractivity contribution >= 4 is 5.97 Å². The molecule has 0 aromatic carbocycles. The maximum atomic E-state index is 10.3. The van der Waals surface area contributed by atoms with E-state index in [0.29, 0.717) is 12.5 Å². The Balaban J connectivity index is 2.08. The summed E-state index contributed by atoms with van der Waals surface area (Å²) in [6.45, 7) is 2.15. The molecule has 0 bridgehead atoms. The van der Waals surface area contributed by atoms with Gasteiger partial charge in [0, 0.05) is 24.9 Å². The second kappa shape index (κ2) is 6.22.